The fraction of sp³-hybridized carbons (Fsp3) is 0.500. The summed E-state index contributed by atoms with van der Waals surface area (Å²) < 4.78 is 67.5. The minimum Gasteiger partial charge on any atom is -0.354 e. The minimum absolute atomic E-state index is 0.103. The van der Waals surface area contributed by atoms with Crippen LogP contribution in [0.4, 0.5) is 18.9 Å². The van der Waals surface area contributed by atoms with E-state index in [1.165, 1.54) is 31.0 Å². The van der Waals surface area contributed by atoms with E-state index in [9.17, 15) is 26.4 Å². The van der Waals surface area contributed by atoms with Crippen molar-refractivity contribution in [3.8, 4) is 0 Å². The average molecular weight is 526 g/mol. The lowest BCUT2D eigenvalue weighted by molar-refractivity contribution is -0.137. The van der Waals surface area contributed by atoms with Crippen molar-refractivity contribution < 1.29 is 26.4 Å². The molecule has 1 atom stereocenters. The Hall–Kier alpha value is -2.59. The maximum Gasteiger partial charge on any atom is 0.416 e. The number of hydrogen-bond donors (Lipinski definition) is 1. The maximum absolute atomic E-state index is 13.4. The Morgan fingerprint density at radius 2 is 1.86 bits per heavy atom. The molecule has 198 valence electrons. The van der Waals surface area contributed by atoms with E-state index in [0.717, 1.165) is 54.0 Å². The second kappa shape index (κ2) is 12.1. The lowest BCUT2D eigenvalue weighted by Gasteiger charge is -2.35. The molecular formula is C26H34F3N3O3S. The summed E-state index contributed by atoms with van der Waals surface area (Å²) in [6, 6.07) is 10.5. The van der Waals surface area contributed by atoms with Gasteiger partial charge in [0.25, 0.3) is 10.0 Å². The van der Waals surface area contributed by atoms with Gasteiger partial charge in [-0.1, -0.05) is 37.1 Å². The van der Waals surface area contributed by atoms with Crippen molar-refractivity contribution in [2.24, 2.45) is 0 Å². The van der Waals surface area contributed by atoms with E-state index >= 15 is 0 Å². The molecule has 0 aliphatic carbocycles. The van der Waals surface area contributed by atoms with Gasteiger partial charge in [0.2, 0.25) is 5.91 Å². The maximum atomic E-state index is 13.4. The number of anilines is 1. The van der Waals surface area contributed by atoms with Crippen molar-refractivity contribution in [3.63, 3.8) is 0 Å². The smallest absolute Gasteiger partial charge is 0.354 e. The number of carbonyl (C=O) groups excluding carboxylic acids is 1. The van der Waals surface area contributed by atoms with Gasteiger partial charge in [-0.2, -0.15) is 13.2 Å². The van der Waals surface area contributed by atoms with Crippen molar-refractivity contribution in [1.82, 2.24) is 10.2 Å². The zero-order valence-corrected chi connectivity index (χ0v) is 21.5. The van der Waals surface area contributed by atoms with Crippen LogP contribution in [-0.4, -0.2) is 51.4 Å². The van der Waals surface area contributed by atoms with Gasteiger partial charge in [0.05, 0.1) is 16.1 Å². The standard InChI is InChI=1S/C26H34F3N3O3S/c1-3-22-9-4-5-16-31(22)17-7-15-30-25(33)19-32(23-10-6-8-21(18-23)26(27,28)29)36(34,35)24-13-11-20(2)12-14-24/h6,8,10-14,18,22H,3-5,7,9,15-17,19H2,1-2H3,(H,30,33). The molecule has 1 aliphatic rings. The SMILES string of the molecule is CCC1CCCCN1CCCNC(=O)CN(c1cccc(C(F)(F)F)c1)S(=O)(=O)c1ccc(C)cc1. The third-order valence-corrected chi connectivity index (χ3v) is 8.31. The van der Waals surface area contributed by atoms with Crippen LogP contribution in [0.1, 0.15) is 50.2 Å². The number of likely N-dealkylation sites (tertiary alicyclic amines) is 1. The summed E-state index contributed by atoms with van der Waals surface area (Å²) in [5, 5.41) is 2.74. The molecule has 1 saturated heterocycles. The Morgan fingerprint density at radius 3 is 2.53 bits per heavy atom. The van der Waals surface area contributed by atoms with Gasteiger partial charge >= 0.3 is 6.18 Å². The van der Waals surface area contributed by atoms with E-state index in [-0.39, 0.29) is 10.6 Å². The molecule has 1 heterocycles. The van der Waals surface area contributed by atoms with Gasteiger partial charge in [0.15, 0.2) is 0 Å². The van der Waals surface area contributed by atoms with Crippen LogP contribution < -0.4 is 9.62 Å². The molecule has 6 nitrogen and oxygen atoms in total. The number of aryl methyl sites for hydroxylation is 1. The van der Waals surface area contributed by atoms with Crippen LogP contribution in [0, 0.1) is 6.92 Å². The lowest BCUT2D eigenvalue weighted by atomic mass is 10.00. The van der Waals surface area contributed by atoms with Gasteiger partial charge in [-0.15, -0.1) is 0 Å². The molecule has 1 amide bonds. The highest BCUT2D eigenvalue weighted by atomic mass is 32.2. The molecule has 1 fully saturated rings. The van der Waals surface area contributed by atoms with Crippen LogP contribution in [0.15, 0.2) is 53.4 Å². The molecule has 0 bridgehead atoms. The number of benzene rings is 2. The molecule has 10 heteroatoms. The van der Waals surface area contributed by atoms with Crippen molar-refractivity contribution in [2.45, 2.75) is 63.1 Å². The number of nitrogens with zero attached hydrogens (tertiary/aromatic N) is 2. The third kappa shape index (κ3) is 7.22. The third-order valence-electron chi connectivity index (χ3n) is 6.52. The molecule has 2 aromatic carbocycles. The second-order valence-corrected chi connectivity index (χ2v) is 11.0. The number of halogens is 3. The van der Waals surface area contributed by atoms with Gasteiger partial charge in [-0.25, -0.2) is 8.42 Å². The first-order valence-corrected chi connectivity index (χ1v) is 13.7. The summed E-state index contributed by atoms with van der Waals surface area (Å²) in [5.41, 5.74) is -0.382. The Balaban J connectivity index is 1.74. The van der Waals surface area contributed by atoms with Crippen LogP contribution in [-0.2, 0) is 21.0 Å². The summed E-state index contributed by atoms with van der Waals surface area (Å²) in [6.07, 6.45) is 0.692. The highest BCUT2D eigenvalue weighted by molar-refractivity contribution is 7.92. The molecule has 0 saturated carbocycles. The molecule has 3 rings (SSSR count). The predicted octanol–water partition coefficient (Wildman–Crippen LogP) is 4.98. The normalized spacial score (nSPS) is 17.1. The van der Waals surface area contributed by atoms with Crippen molar-refractivity contribution >= 4 is 21.6 Å². The molecular weight excluding hydrogens is 491 g/mol. The van der Waals surface area contributed by atoms with E-state index in [4.69, 9.17) is 0 Å². The molecule has 1 unspecified atom stereocenters. The molecule has 1 aliphatic heterocycles. The summed E-state index contributed by atoms with van der Waals surface area (Å²) in [4.78, 5) is 15.1. The molecule has 2 aromatic rings. The number of piperidine rings is 1. The first kappa shape index (κ1) is 28.0. The van der Waals surface area contributed by atoms with E-state index in [1.807, 2.05) is 0 Å². The van der Waals surface area contributed by atoms with Crippen molar-refractivity contribution in [3.05, 3.63) is 59.7 Å². The van der Waals surface area contributed by atoms with Crippen molar-refractivity contribution in [2.75, 3.05) is 30.5 Å². The Morgan fingerprint density at radius 1 is 1.14 bits per heavy atom. The van der Waals surface area contributed by atoms with Gasteiger partial charge in [-0.05, 0) is 69.5 Å². The molecule has 0 aromatic heterocycles. The number of rotatable bonds is 10. The summed E-state index contributed by atoms with van der Waals surface area (Å²) in [6.45, 7) is 5.55. The Kier molecular flexibility index (Phi) is 9.41. The van der Waals surface area contributed by atoms with E-state index in [1.54, 1.807) is 19.1 Å². The monoisotopic (exact) mass is 525 g/mol. The topological polar surface area (TPSA) is 69.7 Å². The molecule has 1 N–H and O–H groups in total. The highest BCUT2D eigenvalue weighted by Crippen LogP contribution is 2.33. The zero-order valence-electron chi connectivity index (χ0n) is 20.7. The largest absolute Gasteiger partial charge is 0.416 e. The number of amides is 1. The first-order chi connectivity index (χ1) is 17.0. The quantitative estimate of drug-likeness (QED) is 0.444. The van der Waals surface area contributed by atoms with Gasteiger partial charge in [-0.3, -0.25) is 9.10 Å². The summed E-state index contributed by atoms with van der Waals surface area (Å²) in [7, 11) is -4.29. The lowest BCUT2D eigenvalue weighted by Crippen LogP contribution is -2.43. The van der Waals surface area contributed by atoms with Gasteiger partial charge in [0, 0.05) is 19.1 Å². The Bertz CT molecular complexity index is 1120. The summed E-state index contributed by atoms with van der Waals surface area (Å²) >= 11 is 0. The molecule has 36 heavy (non-hydrogen) atoms. The van der Waals surface area contributed by atoms with E-state index in [0.29, 0.717) is 19.0 Å². The van der Waals surface area contributed by atoms with Gasteiger partial charge < -0.3 is 10.2 Å². The molecule has 0 radical (unpaired) electrons. The highest BCUT2D eigenvalue weighted by Gasteiger charge is 2.33. The number of nitrogens with one attached hydrogen (secondary N) is 1. The van der Waals surface area contributed by atoms with Crippen LogP contribution >= 0.6 is 0 Å². The summed E-state index contributed by atoms with van der Waals surface area (Å²) in [5.74, 6) is -0.575. The number of sulfonamides is 1. The number of carbonyl (C=O) groups is 1. The van der Waals surface area contributed by atoms with Crippen molar-refractivity contribution in [1.29, 1.82) is 0 Å². The Labute approximate surface area is 211 Å². The van der Waals surface area contributed by atoms with Gasteiger partial charge in [0.1, 0.15) is 6.54 Å². The minimum atomic E-state index is -4.65. The van der Waals surface area contributed by atoms with Crippen LogP contribution in [0.2, 0.25) is 0 Å². The fourth-order valence-corrected chi connectivity index (χ4v) is 5.92. The number of hydrogen-bond acceptors (Lipinski definition) is 4. The number of alkyl halides is 3. The second-order valence-electron chi connectivity index (χ2n) is 9.17. The van der Waals surface area contributed by atoms with E-state index < -0.39 is 34.2 Å². The predicted molar refractivity (Wildman–Crippen MR) is 134 cm³/mol. The molecule has 0 spiro atoms. The van der Waals surface area contributed by atoms with E-state index in [2.05, 4.69) is 17.1 Å². The fourth-order valence-electron chi connectivity index (χ4n) is 4.50. The van der Waals surface area contributed by atoms with Crippen LogP contribution in [0.3, 0.4) is 0 Å². The van der Waals surface area contributed by atoms with Crippen LogP contribution in [0.25, 0.3) is 0 Å². The average Bonchev–Trinajstić information content (AvgIpc) is 2.85. The van der Waals surface area contributed by atoms with Crippen LogP contribution in [0.5, 0.6) is 0 Å². The zero-order chi connectivity index (χ0) is 26.3. The first-order valence-electron chi connectivity index (χ1n) is 12.3.